The second kappa shape index (κ2) is 14.5. The van der Waals surface area contributed by atoms with Gasteiger partial charge in [0.2, 0.25) is 0 Å². The number of Topliss-reactive ketones (excluding diaryl/α,β-unsaturated/α-hetero) is 1. The zero-order valence-corrected chi connectivity index (χ0v) is 17.2. The molecule has 0 amide bonds. The van der Waals surface area contributed by atoms with Gasteiger partial charge in [-0.15, -0.1) is 0 Å². The van der Waals surface area contributed by atoms with Crippen molar-refractivity contribution in [3.05, 3.63) is 35.6 Å². The van der Waals surface area contributed by atoms with E-state index < -0.39 is 6.23 Å². The molecule has 1 atom stereocenters. The number of rotatable bonds is 12. The van der Waals surface area contributed by atoms with Crippen LogP contribution in [0.25, 0.3) is 5.73 Å². The average molecular weight is 348 g/mol. The van der Waals surface area contributed by atoms with E-state index in [1.54, 1.807) is 0 Å². The van der Waals surface area contributed by atoms with Crippen LogP contribution in [-0.2, 0) is 20.7 Å². The molecule has 1 unspecified atom stereocenters. The van der Waals surface area contributed by atoms with Gasteiger partial charge in [0, 0.05) is 0 Å². The number of nitrogens with one attached hydrogen (secondary N) is 1. The molecule has 3 N–H and O–H groups in total. The maximum absolute atomic E-state index is 10.7. The largest absolute Gasteiger partial charge is 1.00 e. The fourth-order valence-corrected chi connectivity index (χ4v) is 1.78. The van der Waals surface area contributed by atoms with Crippen molar-refractivity contribution in [2.24, 2.45) is 5.73 Å². The Morgan fingerprint density at radius 1 is 1.35 bits per heavy atom. The molecule has 1 aromatic carbocycles. The van der Waals surface area contributed by atoms with E-state index >= 15 is 0 Å². The van der Waals surface area contributed by atoms with E-state index in [4.69, 9.17) is 25.7 Å². The summed E-state index contributed by atoms with van der Waals surface area (Å²) < 4.78 is 16.0. The molecule has 124 valence electrons. The number of hydrogen-bond acceptors (Lipinski definition) is 5. The Kier molecular flexibility index (Phi) is 14.6. The van der Waals surface area contributed by atoms with E-state index in [9.17, 15) is 4.79 Å². The van der Waals surface area contributed by atoms with E-state index in [1.165, 1.54) is 6.92 Å². The summed E-state index contributed by atoms with van der Waals surface area (Å²) in [6, 6.07) is 7.77. The van der Waals surface area contributed by atoms with Gasteiger partial charge in [0.05, 0.1) is 13.2 Å². The number of ketones is 1. The quantitative estimate of drug-likeness (QED) is 0.296. The Balaban J connectivity index is 0.00000484. The van der Waals surface area contributed by atoms with E-state index in [2.05, 4.69) is 0 Å². The minimum atomic E-state index is -0.544. The minimum absolute atomic E-state index is 0. The van der Waals surface area contributed by atoms with Crippen LogP contribution in [0, 0.1) is 0 Å². The molecule has 0 saturated carbocycles. The molecular formula is C16H25KN2O4. The molecule has 0 aliphatic heterocycles. The van der Waals surface area contributed by atoms with Gasteiger partial charge in [0.1, 0.15) is 25.2 Å². The summed E-state index contributed by atoms with van der Waals surface area (Å²) in [4.78, 5) is 10.7. The zero-order chi connectivity index (χ0) is 16.2. The van der Waals surface area contributed by atoms with Crippen molar-refractivity contribution in [1.82, 2.24) is 0 Å². The van der Waals surface area contributed by atoms with E-state index in [0.717, 1.165) is 24.2 Å². The normalized spacial score (nSPS) is 11.6. The number of ether oxygens (including phenoxy) is 3. The molecule has 0 aromatic heterocycles. The first-order valence-corrected chi connectivity index (χ1v) is 7.42. The van der Waals surface area contributed by atoms with Gasteiger partial charge in [-0.3, -0.25) is 4.79 Å². The molecule has 6 nitrogen and oxygen atoms in total. The Labute approximate surface area is 180 Å². The third-order valence-electron chi connectivity index (χ3n) is 2.82. The number of carbonyl (C=O) groups excluding carboxylic acids is 1. The van der Waals surface area contributed by atoms with Crippen LogP contribution < -0.4 is 61.9 Å². The summed E-state index contributed by atoms with van der Waals surface area (Å²) in [6.45, 7) is 2.89. The number of nitrogens with two attached hydrogens (primary N) is 1. The van der Waals surface area contributed by atoms with E-state index in [0.29, 0.717) is 19.8 Å². The van der Waals surface area contributed by atoms with Crippen molar-refractivity contribution < 1.29 is 70.4 Å². The molecule has 0 bridgehead atoms. The Morgan fingerprint density at radius 3 is 2.83 bits per heavy atom. The molecule has 23 heavy (non-hydrogen) atoms. The van der Waals surface area contributed by atoms with Crippen LogP contribution >= 0.6 is 0 Å². The Bertz CT molecular complexity index is 446. The molecule has 0 saturated heterocycles. The van der Waals surface area contributed by atoms with Gasteiger partial charge in [-0.25, -0.2) is 0 Å². The standard InChI is InChI=1S/C16H25N2O4.K/c1-13(19)11-20-8-9-21-16(18)12-22-15-6-2-4-14(10-15)5-3-7-17;/h2,4,6,10,16-17H,3,5,7-9,11-12,18H2,1H3;/q-1;+1. The first kappa shape index (κ1) is 23.2. The number of carbonyl (C=O) groups is 1. The average Bonchev–Trinajstić information content (AvgIpc) is 2.50. The predicted molar refractivity (Wildman–Crippen MR) is 84.9 cm³/mol. The van der Waals surface area contributed by atoms with Gasteiger partial charge in [-0.1, -0.05) is 18.6 Å². The molecule has 7 heteroatoms. The molecule has 0 heterocycles. The molecule has 0 aliphatic carbocycles. The fraction of sp³-hybridized carbons (Fsp3) is 0.562. The van der Waals surface area contributed by atoms with Gasteiger partial charge < -0.3 is 25.7 Å². The van der Waals surface area contributed by atoms with Gasteiger partial charge >= 0.3 is 51.4 Å². The molecule has 0 aliphatic rings. The molecule has 0 radical (unpaired) electrons. The predicted octanol–water partition coefficient (Wildman–Crippen LogP) is -1.04. The van der Waals surface area contributed by atoms with Crippen LogP contribution in [0.5, 0.6) is 5.75 Å². The summed E-state index contributed by atoms with van der Waals surface area (Å²) in [6.07, 6.45) is 1.17. The molecule has 0 fully saturated rings. The SMILES string of the molecule is CC(=O)COCCOC(N)COc1cccc(CCC[NH-])c1.[K+]. The molecule has 1 rings (SSSR count). The summed E-state index contributed by atoms with van der Waals surface area (Å²) in [5.41, 5.74) is 14.1. The summed E-state index contributed by atoms with van der Waals surface area (Å²) in [5, 5.41) is 0. The first-order chi connectivity index (χ1) is 10.6. The Morgan fingerprint density at radius 2 is 2.13 bits per heavy atom. The number of benzene rings is 1. The second-order valence-electron chi connectivity index (χ2n) is 4.98. The smallest absolute Gasteiger partial charge is 0.677 e. The number of aryl methyl sites for hydroxylation is 1. The van der Waals surface area contributed by atoms with Gasteiger partial charge in [0.25, 0.3) is 0 Å². The van der Waals surface area contributed by atoms with Crippen LogP contribution in [0.1, 0.15) is 18.9 Å². The third kappa shape index (κ3) is 12.2. The van der Waals surface area contributed by atoms with E-state index in [-0.39, 0.29) is 70.4 Å². The van der Waals surface area contributed by atoms with Gasteiger partial charge in [0.15, 0.2) is 5.78 Å². The summed E-state index contributed by atoms with van der Waals surface area (Å²) >= 11 is 0. The van der Waals surface area contributed by atoms with E-state index in [1.807, 2.05) is 24.3 Å². The summed E-state index contributed by atoms with van der Waals surface area (Å²) in [7, 11) is 0. The third-order valence-corrected chi connectivity index (χ3v) is 2.82. The molecule has 1 aromatic rings. The second-order valence-corrected chi connectivity index (χ2v) is 4.98. The number of hydrogen-bond donors (Lipinski definition) is 1. The van der Waals surface area contributed by atoms with Crippen molar-refractivity contribution in [3.8, 4) is 5.75 Å². The Hall–Kier alpha value is 0.166. The zero-order valence-electron chi connectivity index (χ0n) is 14.0. The van der Waals surface area contributed by atoms with Crippen LogP contribution in [0.2, 0.25) is 0 Å². The first-order valence-electron chi connectivity index (χ1n) is 7.42. The maximum atomic E-state index is 10.7. The molecular weight excluding hydrogens is 323 g/mol. The van der Waals surface area contributed by atoms with Crippen LogP contribution in [0.4, 0.5) is 0 Å². The van der Waals surface area contributed by atoms with Crippen molar-refractivity contribution in [2.45, 2.75) is 26.0 Å². The van der Waals surface area contributed by atoms with Crippen LogP contribution in [0.15, 0.2) is 24.3 Å². The maximum Gasteiger partial charge on any atom is 1.00 e. The topological polar surface area (TPSA) is 94.6 Å². The van der Waals surface area contributed by atoms with Gasteiger partial charge in [-0.05, 0) is 31.0 Å². The minimum Gasteiger partial charge on any atom is -0.677 e. The monoisotopic (exact) mass is 348 g/mol. The molecule has 0 spiro atoms. The van der Waals surface area contributed by atoms with Crippen LogP contribution in [-0.4, -0.2) is 45.0 Å². The fourth-order valence-electron chi connectivity index (χ4n) is 1.78. The van der Waals surface area contributed by atoms with Crippen molar-refractivity contribution in [3.63, 3.8) is 0 Å². The van der Waals surface area contributed by atoms with Crippen LogP contribution in [0.3, 0.4) is 0 Å². The van der Waals surface area contributed by atoms with Crippen molar-refractivity contribution >= 4 is 5.78 Å². The summed E-state index contributed by atoms with van der Waals surface area (Å²) in [5.74, 6) is 0.729. The van der Waals surface area contributed by atoms with Crippen molar-refractivity contribution in [1.29, 1.82) is 0 Å². The van der Waals surface area contributed by atoms with Crippen molar-refractivity contribution in [2.75, 3.05) is 33.0 Å². The van der Waals surface area contributed by atoms with Gasteiger partial charge in [-0.2, -0.15) is 6.54 Å².